The molecule has 3 rings (SSSR count). The zero-order chi connectivity index (χ0) is 17.1. The van der Waals surface area contributed by atoms with Crippen molar-refractivity contribution < 1.29 is 9.53 Å². The number of fused-ring (bicyclic) bond motifs is 1. The van der Waals surface area contributed by atoms with Crippen LogP contribution in [-0.4, -0.2) is 18.0 Å². The fourth-order valence-corrected chi connectivity index (χ4v) is 2.79. The first-order chi connectivity index (χ1) is 11.6. The maximum absolute atomic E-state index is 12.6. The Kier molecular flexibility index (Phi) is 5.00. The number of aromatic nitrogens is 1. The lowest BCUT2D eigenvalue weighted by Gasteiger charge is -2.17. The van der Waals surface area contributed by atoms with E-state index in [1.165, 1.54) is 7.11 Å². The minimum atomic E-state index is -0.807. The number of hydrogen-bond acceptors (Lipinski definition) is 3. The highest BCUT2D eigenvalue weighted by molar-refractivity contribution is 6.42. The van der Waals surface area contributed by atoms with Gasteiger partial charge in [0, 0.05) is 24.1 Å². The van der Waals surface area contributed by atoms with Gasteiger partial charge in [-0.05, 0) is 17.7 Å². The lowest BCUT2D eigenvalue weighted by molar-refractivity contribution is -0.126. The largest absolute Gasteiger partial charge is 0.367 e. The summed E-state index contributed by atoms with van der Waals surface area (Å²) in [5.74, 6) is -0.311. The third kappa shape index (κ3) is 3.36. The van der Waals surface area contributed by atoms with Crippen LogP contribution in [0.2, 0.25) is 10.0 Å². The highest BCUT2D eigenvalue weighted by atomic mass is 35.5. The van der Waals surface area contributed by atoms with Gasteiger partial charge in [0.05, 0.1) is 21.9 Å². The standard InChI is InChI=1S/C18H14Cl2N2O2/c1-24-17(11-6-7-14(19)15(20)8-11)18(23)22-16-10-21-9-12-4-2-3-5-13(12)16/h2-10,17H,1H3,(H,22,23)/t17-/m1/s1. The first-order valence-corrected chi connectivity index (χ1v) is 7.97. The van der Waals surface area contributed by atoms with Crippen molar-refractivity contribution in [3.05, 3.63) is 70.5 Å². The fourth-order valence-electron chi connectivity index (χ4n) is 2.48. The van der Waals surface area contributed by atoms with E-state index >= 15 is 0 Å². The van der Waals surface area contributed by atoms with E-state index in [0.717, 1.165) is 10.8 Å². The van der Waals surface area contributed by atoms with Gasteiger partial charge >= 0.3 is 0 Å². The number of methoxy groups -OCH3 is 1. The number of hydrogen-bond donors (Lipinski definition) is 1. The quantitative estimate of drug-likeness (QED) is 0.722. The number of carbonyl (C=O) groups excluding carboxylic acids is 1. The Morgan fingerprint density at radius 2 is 1.92 bits per heavy atom. The Bertz CT molecular complexity index is 894. The number of nitrogens with zero attached hydrogens (tertiary/aromatic N) is 1. The Balaban J connectivity index is 1.90. The molecule has 0 aliphatic carbocycles. The smallest absolute Gasteiger partial charge is 0.258 e. The van der Waals surface area contributed by atoms with Crippen LogP contribution in [0.25, 0.3) is 10.8 Å². The molecule has 0 saturated carbocycles. The average molecular weight is 361 g/mol. The van der Waals surface area contributed by atoms with Crippen molar-refractivity contribution in [2.24, 2.45) is 0 Å². The molecule has 0 fully saturated rings. The zero-order valence-electron chi connectivity index (χ0n) is 12.8. The van der Waals surface area contributed by atoms with Crippen LogP contribution in [0.1, 0.15) is 11.7 Å². The second-order valence-electron chi connectivity index (χ2n) is 5.19. The Morgan fingerprint density at radius 1 is 1.12 bits per heavy atom. The predicted molar refractivity (Wildman–Crippen MR) is 96.6 cm³/mol. The molecule has 0 aliphatic rings. The monoisotopic (exact) mass is 360 g/mol. The van der Waals surface area contributed by atoms with Gasteiger partial charge in [-0.25, -0.2) is 0 Å². The summed E-state index contributed by atoms with van der Waals surface area (Å²) in [7, 11) is 1.47. The van der Waals surface area contributed by atoms with Gasteiger partial charge in [-0.15, -0.1) is 0 Å². The molecule has 1 amide bonds. The van der Waals surface area contributed by atoms with E-state index < -0.39 is 6.10 Å². The van der Waals surface area contributed by atoms with Gasteiger partial charge in [-0.1, -0.05) is 53.5 Å². The molecule has 122 valence electrons. The molecule has 1 N–H and O–H groups in total. The molecule has 6 heteroatoms. The molecule has 3 aromatic rings. The number of ether oxygens (including phenoxy) is 1. The molecule has 1 atom stereocenters. The number of pyridine rings is 1. The van der Waals surface area contributed by atoms with E-state index in [-0.39, 0.29) is 5.91 Å². The molecular weight excluding hydrogens is 347 g/mol. The normalized spacial score (nSPS) is 12.1. The van der Waals surface area contributed by atoms with Gasteiger partial charge in [-0.3, -0.25) is 9.78 Å². The first-order valence-electron chi connectivity index (χ1n) is 7.21. The van der Waals surface area contributed by atoms with Crippen molar-refractivity contribution in [2.45, 2.75) is 6.10 Å². The van der Waals surface area contributed by atoms with Crippen LogP contribution in [0.5, 0.6) is 0 Å². The number of rotatable bonds is 4. The molecule has 4 nitrogen and oxygen atoms in total. The molecule has 2 aromatic carbocycles. The van der Waals surface area contributed by atoms with Crippen LogP contribution in [0.4, 0.5) is 5.69 Å². The lowest BCUT2D eigenvalue weighted by atomic mass is 10.1. The molecule has 0 radical (unpaired) electrons. The van der Waals surface area contributed by atoms with Crippen LogP contribution in [0, 0.1) is 0 Å². The van der Waals surface area contributed by atoms with Gasteiger partial charge in [0.1, 0.15) is 0 Å². The Hall–Kier alpha value is -2.14. The Labute approximate surface area is 149 Å². The average Bonchev–Trinajstić information content (AvgIpc) is 2.59. The van der Waals surface area contributed by atoms with Gasteiger partial charge in [0.2, 0.25) is 0 Å². The lowest BCUT2D eigenvalue weighted by Crippen LogP contribution is -2.22. The Morgan fingerprint density at radius 3 is 2.67 bits per heavy atom. The third-order valence-corrected chi connectivity index (χ3v) is 4.39. The van der Waals surface area contributed by atoms with Crippen molar-refractivity contribution in [1.29, 1.82) is 0 Å². The summed E-state index contributed by atoms with van der Waals surface area (Å²) in [6.07, 6.45) is 2.55. The summed E-state index contributed by atoms with van der Waals surface area (Å²) in [6, 6.07) is 12.7. The molecule has 0 spiro atoms. The number of benzene rings is 2. The second kappa shape index (κ2) is 7.18. The van der Waals surface area contributed by atoms with Crippen molar-refractivity contribution in [2.75, 3.05) is 12.4 Å². The summed E-state index contributed by atoms with van der Waals surface area (Å²) in [5, 5.41) is 5.51. The molecule has 0 bridgehead atoms. The number of halogens is 2. The molecule has 0 unspecified atom stereocenters. The number of amides is 1. The van der Waals surface area contributed by atoms with Gasteiger partial charge < -0.3 is 10.1 Å². The van der Waals surface area contributed by atoms with E-state index in [0.29, 0.717) is 21.3 Å². The highest BCUT2D eigenvalue weighted by Crippen LogP contribution is 2.28. The summed E-state index contributed by atoms with van der Waals surface area (Å²) < 4.78 is 5.34. The molecule has 1 heterocycles. The topological polar surface area (TPSA) is 51.2 Å². The minimum absolute atomic E-state index is 0.311. The fraction of sp³-hybridized carbons (Fsp3) is 0.111. The summed E-state index contributed by atoms with van der Waals surface area (Å²) in [5.41, 5.74) is 1.25. The van der Waals surface area contributed by atoms with E-state index in [1.807, 2.05) is 24.3 Å². The summed E-state index contributed by atoms with van der Waals surface area (Å²) in [4.78, 5) is 16.8. The highest BCUT2D eigenvalue weighted by Gasteiger charge is 2.21. The van der Waals surface area contributed by atoms with Crippen molar-refractivity contribution >= 4 is 45.6 Å². The van der Waals surface area contributed by atoms with Gasteiger partial charge in [0.15, 0.2) is 6.10 Å². The van der Waals surface area contributed by atoms with Crippen LogP contribution in [0.3, 0.4) is 0 Å². The van der Waals surface area contributed by atoms with Crippen LogP contribution < -0.4 is 5.32 Å². The second-order valence-corrected chi connectivity index (χ2v) is 6.00. The van der Waals surface area contributed by atoms with E-state index in [2.05, 4.69) is 10.3 Å². The summed E-state index contributed by atoms with van der Waals surface area (Å²) in [6.45, 7) is 0. The third-order valence-electron chi connectivity index (χ3n) is 3.65. The number of nitrogens with one attached hydrogen (secondary N) is 1. The number of anilines is 1. The minimum Gasteiger partial charge on any atom is -0.367 e. The molecule has 0 saturated heterocycles. The maximum atomic E-state index is 12.6. The summed E-state index contributed by atoms with van der Waals surface area (Å²) >= 11 is 12.0. The van der Waals surface area contributed by atoms with E-state index in [4.69, 9.17) is 27.9 Å². The van der Waals surface area contributed by atoms with Crippen LogP contribution >= 0.6 is 23.2 Å². The van der Waals surface area contributed by atoms with Crippen molar-refractivity contribution in [3.8, 4) is 0 Å². The molecule has 1 aromatic heterocycles. The van der Waals surface area contributed by atoms with Gasteiger partial charge in [-0.2, -0.15) is 0 Å². The van der Waals surface area contributed by atoms with Gasteiger partial charge in [0.25, 0.3) is 5.91 Å². The molecular formula is C18H14Cl2N2O2. The van der Waals surface area contributed by atoms with E-state index in [9.17, 15) is 4.79 Å². The SMILES string of the molecule is CO[C@@H](C(=O)Nc1cncc2ccccc12)c1ccc(Cl)c(Cl)c1. The number of carbonyl (C=O) groups is 1. The van der Waals surface area contributed by atoms with Crippen LogP contribution in [-0.2, 0) is 9.53 Å². The first kappa shape index (κ1) is 16.7. The van der Waals surface area contributed by atoms with Crippen LogP contribution in [0.15, 0.2) is 54.9 Å². The predicted octanol–water partition coefficient (Wildman–Crippen LogP) is 4.87. The molecule has 24 heavy (non-hydrogen) atoms. The van der Waals surface area contributed by atoms with E-state index in [1.54, 1.807) is 30.6 Å². The van der Waals surface area contributed by atoms with Crippen molar-refractivity contribution in [3.63, 3.8) is 0 Å². The van der Waals surface area contributed by atoms with Crippen molar-refractivity contribution in [1.82, 2.24) is 4.98 Å². The molecule has 0 aliphatic heterocycles. The maximum Gasteiger partial charge on any atom is 0.258 e. The zero-order valence-corrected chi connectivity index (χ0v) is 14.3.